The zero-order valence-corrected chi connectivity index (χ0v) is 12.8. The highest BCUT2D eigenvalue weighted by molar-refractivity contribution is 7.09. The minimum Gasteiger partial charge on any atom is -0.215 e. The molecule has 0 saturated carbocycles. The summed E-state index contributed by atoms with van der Waals surface area (Å²) in [7, 11) is 0. The fourth-order valence-corrected chi connectivity index (χ4v) is 3.02. The van der Waals surface area contributed by atoms with Crippen LogP contribution < -0.4 is 0 Å². The van der Waals surface area contributed by atoms with Gasteiger partial charge < -0.3 is 0 Å². The summed E-state index contributed by atoms with van der Waals surface area (Å²) in [5, 5.41) is 20.0. The third-order valence-corrected chi connectivity index (χ3v) is 4.54. The van der Waals surface area contributed by atoms with Crippen molar-refractivity contribution >= 4 is 22.9 Å². The van der Waals surface area contributed by atoms with E-state index in [0.717, 1.165) is 21.8 Å². The number of halogens is 1. The monoisotopic (exact) mass is 314 g/mol. The number of benzene rings is 1. The van der Waals surface area contributed by atoms with E-state index in [1.807, 2.05) is 42.6 Å². The average molecular weight is 315 g/mol. The molecule has 0 fully saturated rings. The molecule has 0 N–H and O–H groups in total. The molecule has 3 aromatic rings. The quantitative estimate of drug-likeness (QED) is 0.739. The van der Waals surface area contributed by atoms with Gasteiger partial charge in [0.1, 0.15) is 6.07 Å². The molecular formula is C15H11ClN4S. The van der Waals surface area contributed by atoms with Crippen LogP contribution in [0.1, 0.15) is 21.8 Å². The van der Waals surface area contributed by atoms with Crippen molar-refractivity contribution in [3.8, 4) is 11.8 Å². The van der Waals surface area contributed by atoms with Gasteiger partial charge in [0.15, 0.2) is 5.69 Å². The lowest BCUT2D eigenvalue weighted by atomic mass is 10.1. The van der Waals surface area contributed by atoms with Gasteiger partial charge in [-0.2, -0.15) is 5.26 Å². The van der Waals surface area contributed by atoms with Gasteiger partial charge in [-0.1, -0.05) is 28.9 Å². The largest absolute Gasteiger partial charge is 0.215 e. The van der Waals surface area contributed by atoms with Crippen LogP contribution >= 0.6 is 22.9 Å². The first-order chi connectivity index (χ1) is 10.2. The Hall–Kier alpha value is -2.16. The fraction of sp³-hybridized carbons (Fsp3) is 0.133. The van der Waals surface area contributed by atoms with Gasteiger partial charge in [-0.05, 0) is 36.1 Å². The van der Waals surface area contributed by atoms with Gasteiger partial charge in [0.05, 0.1) is 11.4 Å². The SMILES string of the molecule is Cc1c(Cl)cccc1-n1nnc(C#N)c1Cc1cccs1. The number of thiophene rings is 1. The van der Waals surface area contributed by atoms with Crippen molar-refractivity contribution in [2.75, 3.05) is 0 Å². The number of nitrogens with zero attached hydrogens (tertiary/aromatic N) is 4. The fourth-order valence-electron chi connectivity index (χ4n) is 2.14. The number of rotatable bonds is 3. The first kappa shape index (κ1) is 13.8. The average Bonchev–Trinajstić information content (AvgIpc) is 3.12. The van der Waals surface area contributed by atoms with E-state index in [2.05, 4.69) is 16.4 Å². The molecule has 0 aliphatic heterocycles. The van der Waals surface area contributed by atoms with Crippen molar-refractivity contribution in [2.45, 2.75) is 13.3 Å². The smallest absolute Gasteiger partial charge is 0.186 e. The highest BCUT2D eigenvalue weighted by atomic mass is 35.5. The summed E-state index contributed by atoms with van der Waals surface area (Å²) in [6.45, 7) is 1.93. The molecule has 0 aliphatic rings. The lowest BCUT2D eigenvalue weighted by Gasteiger charge is -2.10. The topological polar surface area (TPSA) is 54.5 Å². The second-order valence-electron chi connectivity index (χ2n) is 4.55. The van der Waals surface area contributed by atoms with Crippen molar-refractivity contribution in [1.82, 2.24) is 15.0 Å². The Balaban J connectivity index is 2.13. The van der Waals surface area contributed by atoms with E-state index < -0.39 is 0 Å². The maximum Gasteiger partial charge on any atom is 0.186 e. The molecule has 0 amide bonds. The number of aromatic nitrogens is 3. The van der Waals surface area contributed by atoms with Crippen molar-refractivity contribution in [2.24, 2.45) is 0 Å². The molecular weight excluding hydrogens is 304 g/mol. The Morgan fingerprint density at radius 3 is 2.90 bits per heavy atom. The Morgan fingerprint density at radius 2 is 2.19 bits per heavy atom. The van der Waals surface area contributed by atoms with Gasteiger partial charge in [-0.3, -0.25) is 0 Å². The lowest BCUT2D eigenvalue weighted by molar-refractivity contribution is 0.770. The Labute approximate surface area is 131 Å². The zero-order chi connectivity index (χ0) is 14.8. The summed E-state index contributed by atoms with van der Waals surface area (Å²) in [6.07, 6.45) is 0.625. The maximum absolute atomic E-state index is 9.24. The maximum atomic E-state index is 9.24. The molecule has 6 heteroatoms. The van der Waals surface area contributed by atoms with Crippen LogP contribution in [0.4, 0.5) is 0 Å². The standard InChI is InChI=1S/C15H11ClN4S/c1-10-12(16)5-2-6-14(10)20-15(13(9-17)18-19-20)8-11-4-3-7-21-11/h2-7H,8H2,1H3. The molecule has 0 aliphatic carbocycles. The van der Waals surface area contributed by atoms with Gasteiger partial charge >= 0.3 is 0 Å². The molecule has 0 unspecified atom stereocenters. The van der Waals surface area contributed by atoms with Gasteiger partial charge in [-0.15, -0.1) is 16.4 Å². The van der Waals surface area contributed by atoms with E-state index in [-0.39, 0.29) is 0 Å². The summed E-state index contributed by atoms with van der Waals surface area (Å²) in [5.41, 5.74) is 2.90. The van der Waals surface area contributed by atoms with Crippen LogP contribution in [0, 0.1) is 18.3 Å². The molecule has 21 heavy (non-hydrogen) atoms. The van der Waals surface area contributed by atoms with Gasteiger partial charge in [-0.25, -0.2) is 4.68 Å². The summed E-state index contributed by atoms with van der Waals surface area (Å²) in [6, 6.07) is 11.8. The van der Waals surface area contributed by atoms with Crippen molar-refractivity contribution < 1.29 is 0 Å². The third kappa shape index (κ3) is 2.56. The molecule has 1 aromatic carbocycles. The highest BCUT2D eigenvalue weighted by Crippen LogP contribution is 2.25. The van der Waals surface area contributed by atoms with Crippen LogP contribution in [0.15, 0.2) is 35.7 Å². The number of hydrogen-bond acceptors (Lipinski definition) is 4. The van der Waals surface area contributed by atoms with Gasteiger partial charge in [0, 0.05) is 16.3 Å². The van der Waals surface area contributed by atoms with Crippen molar-refractivity contribution in [1.29, 1.82) is 5.26 Å². The van der Waals surface area contributed by atoms with E-state index >= 15 is 0 Å². The predicted molar refractivity (Wildman–Crippen MR) is 82.9 cm³/mol. The molecule has 104 valence electrons. The molecule has 0 saturated heterocycles. The van der Waals surface area contributed by atoms with E-state index in [0.29, 0.717) is 17.1 Å². The van der Waals surface area contributed by atoms with E-state index in [1.165, 1.54) is 0 Å². The minimum absolute atomic E-state index is 0.350. The Bertz CT molecular complexity index is 815. The van der Waals surface area contributed by atoms with Crippen molar-refractivity contribution in [3.05, 3.63) is 62.6 Å². The minimum atomic E-state index is 0.350. The molecule has 0 spiro atoms. The zero-order valence-electron chi connectivity index (χ0n) is 11.2. The van der Waals surface area contributed by atoms with E-state index in [4.69, 9.17) is 11.6 Å². The van der Waals surface area contributed by atoms with Gasteiger partial charge in [0.25, 0.3) is 0 Å². The summed E-state index contributed by atoms with van der Waals surface area (Å²) < 4.78 is 1.71. The first-order valence-corrected chi connectivity index (χ1v) is 7.59. The number of nitriles is 1. The van der Waals surface area contributed by atoms with Crippen molar-refractivity contribution in [3.63, 3.8) is 0 Å². The summed E-state index contributed by atoms with van der Waals surface area (Å²) >= 11 is 7.82. The molecule has 0 atom stereocenters. The molecule has 0 bridgehead atoms. The molecule has 0 radical (unpaired) electrons. The van der Waals surface area contributed by atoms with Crippen LogP contribution in [-0.4, -0.2) is 15.0 Å². The van der Waals surface area contributed by atoms with Crippen LogP contribution in [0.3, 0.4) is 0 Å². The van der Waals surface area contributed by atoms with Crippen LogP contribution in [0.5, 0.6) is 0 Å². The number of hydrogen-bond donors (Lipinski definition) is 0. The molecule has 2 aromatic heterocycles. The van der Waals surface area contributed by atoms with E-state index in [1.54, 1.807) is 16.0 Å². The van der Waals surface area contributed by atoms with E-state index in [9.17, 15) is 5.26 Å². The normalized spacial score (nSPS) is 10.5. The predicted octanol–water partition coefficient (Wildman–Crippen LogP) is 3.75. The second-order valence-corrected chi connectivity index (χ2v) is 5.99. The lowest BCUT2D eigenvalue weighted by Crippen LogP contribution is -2.05. The molecule has 2 heterocycles. The van der Waals surface area contributed by atoms with Crippen LogP contribution in [0.25, 0.3) is 5.69 Å². The Kier molecular flexibility index (Phi) is 3.74. The van der Waals surface area contributed by atoms with Crippen LogP contribution in [-0.2, 0) is 6.42 Å². The second kappa shape index (κ2) is 5.68. The molecule has 4 nitrogen and oxygen atoms in total. The van der Waals surface area contributed by atoms with Gasteiger partial charge in [0.2, 0.25) is 0 Å². The molecule has 3 rings (SSSR count). The Morgan fingerprint density at radius 1 is 1.33 bits per heavy atom. The first-order valence-electron chi connectivity index (χ1n) is 6.33. The highest BCUT2D eigenvalue weighted by Gasteiger charge is 2.17. The van der Waals surface area contributed by atoms with Crippen LogP contribution in [0.2, 0.25) is 5.02 Å². The summed E-state index contributed by atoms with van der Waals surface area (Å²) in [4.78, 5) is 1.16. The third-order valence-electron chi connectivity index (χ3n) is 3.26. The summed E-state index contributed by atoms with van der Waals surface area (Å²) in [5.74, 6) is 0.